The van der Waals surface area contributed by atoms with Crippen molar-refractivity contribution in [3.05, 3.63) is 35.4 Å². The highest BCUT2D eigenvalue weighted by Gasteiger charge is 2.09. The molecule has 0 atom stereocenters. The van der Waals surface area contributed by atoms with Gasteiger partial charge in [-0.2, -0.15) is 0 Å². The Morgan fingerprint density at radius 2 is 1.39 bits per heavy atom. The van der Waals surface area contributed by atoms with E-state index in [1.165, 1.54) is 38.5 Å². The molecule has 1 rings (SSSR count). The van der Waals surface area contributed by atoms with E-state index in [-0.39, 0.29) is 21.6 Å². The van der Waals surface area contributed by atoms with Crippen molar-refractivity contribution in [2.75, 3.05) is 21.0 Å². The number of benzene rings is 1. The number of hydrogen-bond acceptors (Lipinski definition) is 5. The Bertz CT molecular complexity index is 369. The first kappa shape index (κ1) is 18.5. The lowest BCUT2D eigenvalue weighted by Gasteiger charge is -2.03. The molecule has 0 aliphatic carbocycles. The number of carbonyl (C=O) groups is 2. The molecule has 0 aromatic heterocycles. The van der Waals surface area contributed by atoms with Crippen LogP contribution >= 0.6 is 0 Å². The van der Waals surface area contributed by atoms with Gasteiger partial charge in [0.2, 0.25) is 0 Å². The van der Waals surface area contributed by atoms with Crippen molar-refractivity contribution in [1.82, 2.24) is 0 Å². The van der Waals surface area contributed by atoms with Crippen molar-refractivity contribution in [2.45, 2.75) is 14.9 Å². The van der Waals surface area contributed by atoms with Crippen molar-refractivity contribution < 1.29 is 23.8 Å². The van der Waals surface area contributed by atoms with E-state index in [9.17, 15) is 9.59 Å². The zero-order valence-electron chi connectivity index (χ0n) is 9.06. The van der Waals surface area contributed by atoms with E-state index in [0.29, 0.717) is 11.1 Å². The molecule has 18 heavy (non-hydrogen) atoms. The molecule has 0 amide bonds. The highest BCUT2D eigenvalue weighted by molar-refractivity contribution is 5.93. The maximum Gasteiger partial charge on any atom is 0.340 e. The van der Waals surface area contributed by atoms with Gasteiger partial charge in [0.05, 0.1) is 18.2 Å². The van der Waals surface area contributed by atoms with Gasteiger partial charge in [-0.05, 0) is 24.3 Å². The second-order valence-corrected chi connectivity index (χ2v) is 2.91. The summed E-state index contributed by atoms with van der Waals surface area (Å²) in [5.41, 5.74) is 0.732. The number of esters is 2. The number of carbonyl (C=O) groups excluding carboxylic acids is 2. The van der Waals surface area contributed by atoms with Crippen molar-refractivity contribution in [2.24, 2.45) is 0 Å². The molecule has 1 aromatic carbocycles. The Balaban J connectivity index is 0. The van der Waals surface area contributed by atoms with Crippen molar-refractivity contribution in [1.29, 1.82) is 0 Å². The minimum atomic E-state index is -0.502. The Hall–Kier alpha value is -1.88. The topological polar surface area (TPSA) is 61.8 Å². The van der Waals surface area contributed by atoms with Crippen LogP contribution in [0.4, 0.5) is 0 Å². The van der Waals surface area contributed by atoms with Gasteiger partial charge in [0, 0.05) is 7.11 Å². The smallest absolute Gasteiger partial charge is 0.340 e. The van der Waals surface area contributed by atoms with Crippen molar-refractivity contribution in [3.8, 4) is 0 Å². The SMILES string of the molecule is C.C.COCOC(=O)c1ccc(C(=O)OC)cc1. The van der Waals surface area contributed by atoms with Crippen LogP contribution in [0.2, 0.25) is 0 Å². The molecule has 0 aliphatic heterocycles. The van der Waals surface area contributed by atoms with Crippen LogP contribution < -0.4 is 0 Å². The molecule has 0 saturated heterocycles. The van der Waals surface area contributed by atoms with Gasteiger partial charge in [0.1, 0.15) is 0 Å². The van der Waals surface area contributed by atoms with Crippen LogP contribution in [0.25, 0.3) is 0 Å². The number of ether oxygens (including phenoxy) is 3. The molecule has 0 fully saturated rings. The van der Waals surface area contributed by atoms with Gasteiger partial charge in [-0.25, -0.2) is 9.59 Å². The maximum atomic E-state index is 11.3. The molecule has 0 bridgehead atoms. The predicted molar refractivity (Wildman–Crippen MR) is 68.5 cm³/mol. The average Bonchev–Trinajstić information content (AvgIpc) is 2.35. The standard InChI is InChI=1S/C11H12O5.2CH4/c1-14-7-16-11(13)9-5-3-8(4-6-9)10(12)15-2;;/h3-6H,7H2,1-2H3;2*1H4. The monoisotopic (exact) mass is 256 g/mol. The number of rotatable bonds is 4. The van der Waals surface area contributed by atoms with E-state index < -0.39 is 11.9 Å². The lowest BCUT2D eigenvalue weighted by atomic mass is 10.1. The first-order valence-electron chi connectivity index (χ1n) is 4.53. The van der Waals surface area contributed by atoms with Gasteiger partial charge in [-0.15, -0.1) is 0 Å². The normalized spacial score (nSPS) is 8.56. The Labute approximate surface area is 108 Å². The quantitative estimate of drug-likeness (QED) is 0.612. The number of hydrogen-bond donors (Lipinski definition) is 0. The van der Waals surface area contributed by atoms with Gasteiger partial charge in [0.25, 0.3) is 0 Å². The molecule has 5 nitrogen and oxygen atoms in total. The first-order chi connectivity index (χ1) is 7.69. The average molecular weight is 256 g/mol. The van der Waals surface area contributed by atoms with Crippen molar-refractivity contribution >= 4 is 11.9 Å². The second-order valence-electron chi connectivity index (χ2n) is 2.91. The zero-order chi connectivity index (χ0) is 12.0. The summed E-state index contributed by atoms with van der Waals surface area (Å²) in [6, 6.07) is 5.97. The fourth-order valence-corrected chi connectivity index (χ4v) is 1.06. The molecule has 0 spiro atoms. The fourth-order valence-electron chi connectivity index (χ4n) is 1.06. The van der Waals surface area contributed by atoms with Crippen LogP contribution in [-0.4, -0.2) is 33.0 Å². The summed E-state index contributed by atoms with van der Waals surface area (Å²) in [6.45, 7) is -0.0996. The molecular weight excluding hydrogens is 236 g/mol. The third-order valence-electron chi connectivity index (χ3n) is 1.85. The minimum Gasteiger partial charge on any atom is -0.465 e. The summed E-state index contributed by atoms with van der Waals surface area (Å²) < 4.78 is 13.8. The molecule has 0 heterocycles. The molecule has 5 heteroatoms. The Morgan fingerprint density at radius 3 is 1.78 bits per heavy atom. The summed E-state index contributed by atoms with van der Waals surface area (Å²) in [6.07, 6.45) is 0. The van der Waals surface area contributed by atoms with Gasteiger partial charge in [-0.3, -0.25) is 0 Å². The summed E-state index contributed by atoms with van der Waals surface area (Å²) in [5.74, 6) is -0.949. The van der Waals surface area contributed by atoms with Gasteiger partial charge in [-0.1, -0.05) is 14.9 Å². The van der Waals surface area contributed by atoms with Crippen LogP contribution in [0.15, 0.2) is 24.3 Å². The third-order valence-corrected chi connectivity index (χ3v) is 1.85. The molecule has 0 radical (unpaired) electrons. The van der Waals surface area contributed by atoms with Crippen LogP contribution in [0, 0.1) is 0 Å². The zero-order valence-corrected chi connectivity index (χ0v) is 9.06. The highest BCUT2D eigenvalue weighted by Crippen LogP contribution is 2.07. The van der Waals surface area contributed by atoms with Gasteiger partial charge >= 0.3 is 11.9 Å². The lowest BCUT2D eigenvalue weighted by molar-refractivity contribution is -0.0125. The third kappa shape index (κ3) is 4.97. The van der Waals surface area contributed by atoms with Crippen LogP contribution in [0.1, 0.15) is 35.6 Å². The molecule has 0 unspecified atom stereocenters. The Kier molecular flexibility index (Phi) is 9.43. The summed E-state index contributed by atoms with van der Waals surface area (Å²) in [4.78, 5) is 22.4. The summed E-state index contributed by atoms with van der Waals surface area (Å²) >= 11 is 0. The van der Waals surface area contributed by atoms with E-state index in [0.717, 1.165) is 0 Å². The molecule has 102 valence electrons. The van der Waals surface area contributed by atoms with E-state index in [1.807, 2.05) is 0 Å². The van der Waals surface area contributed by atoms with Gasteiger partial charge < -0.3 is 14.2 Å². The largest absolute Gasteiger partial charge is 0.465 e. The minimum absolute atomic E-state index is 0. The predicted octanol–water partition coefficient (Wildman–Crippen LogP) is 2.51. The first-order valence-corrected chi connectivity index (χ1v) is 4.53. The van der Waals surface area contributed by atoms with Crippen LogP contribution in [0.5, 0.6) is 0 Å². The fraction of sp³-hybridized carbons (Fsp3) is 0.385. The summed E-state index contributed by atoms with van der Waals surface area (Å²) in [5, 5.41) is 0. The van der Waals surface area contributed by atoms with E-state index >= 15 is 0 Å². The molecular formula is C13H20O5. The van der Waals surface area contributed by atoms with E-state index in [1.54, 1.807) is 0 Å². The molecule has 0 saturated carbocycles. The second kappa shape index (κ2) is 9.18. The van der Waals surface area contributed by atoms with Crippen LogP contribution in [-0.2, 0) is 14.2 Å². The van der Waals surface area contributed by atoms with Gasteiger partial charge in [0.15, 0.2) is 6.79 Å². The molecule has 1 aromatic rings. The molecule has 0 aliphatic rings. The van der Waals surface area contributed by atoms with E-state index in [2.05, 4.69) is 9.47 Å². The van der Waals surface area contributed by atoms with Crippen LogP contribution in [0.3, 0.4) is 0 Å². The lowest BCUT2D eigenvalue weighted by Crippen LogP contribution is -2.08. The molecule has 0 N–H and O–H groups in total. The van der Waals surface area contributed by atoms with E-state index in [4.69, 9.17) is 4.74 Å². The number of methoxy groups -OCH3 is 2. The summed E-state index contributed by atoms with van der Waals surface area (Å²) in [7, 11) is 2.72. The Morgan fingerprint density at radius 1 is 0.944 bits per heavy atom. The highest BCUT2D eigenvalue weighted by atomic mass is 16.7. The maximum absolute atomic E-state index is 11.3. The van der Waals surface area contributed by atoms with Crippen molar-refractivity contribution in [3.63, 3.8) is 0 Å².